The second-order valence-corrected chi connectivity index (χ2v) is 6.87. The van der Waals surface area contributed by atoms with Crippen molar-refractivity contribution in [2.75, 3.05) is 13.6 Å². The van der Waals surface area contributed by atoms with Gasteiger partial charge >= 0.3 is 0 Å². The van der Waals surface area contributed by atoms with Crippen LogP contribution in [0.1, 0.15) is 41.1 Å². The van der Waals surface area contributed by atoms with E-state index in [4.69, 9.17) is 0 Å². The molecule has 0 spiro atoms. The molecule has 24 heavy (non-hydrogen) atoms. The zero-order valence-corrected chi connectivity index (χ0v) is 14.6. The first-order chi connectivity index (χ1) is 11.6. The van der Waals surface area contributed by atoms with E-state index in [-0.39, 0.29) is 5.91 Å². The van der Waals surface area contributed by atoms with Crippen molar-refractivity contribution >= 4 is 5.91 Å². The number of quaternary nitrogens is 1. The molecular formula is C21H27N2O+. The molecule has 2 aromatic carbocycles. The van der Waals surface area contributed by atoms with Gasteiger partial charge in [0.15, 0.2) is 6.54 Å². The molecule has 0 aliphatic heterocycles. The minimum absolute atomic E-state index is 0.124. The minimum atomic E-state index is 0.124. The Morgan fingerprint density at radius 2 is 1.92 bits per heavy atom. The summed E-state index contributed by atoms with van der Waals surface area (Å²) in [7, 11) is 2.14. The Kier molecular flexibility index (Phi) is 5.31. The van der Waals surface area contributed by atoms with Gasteiger partial charge in [0.1, 0.15) is 6.04 Å². The maximum Gasteiger partial charge on any atom is 0.275 e. The predicted molar refractivity (Wildman–Crippen MR) is 96.9 cm³/mol. The van der Waals surface area contributed by atoms with Gasteiger partial charge in [-0.3, -0.25) is 4.79 Å². The smallest absolute Gasteiger partial charge is 0.275 e. The normalized spacial score (nSPS) is 17.8. The lowest BCUT2D eigenvalue weighted by Crippen LogP contribution is -3.10. The third-order valence-electron chi connectivity index (χ3n) is 5.14. The lowest BCUT2D eigenvalue weighted by Gasteiger charge is -2.30. The third kappa shape index (κ3) is 3.85. The third-order valence-corrected chi connectivity index (χ3v) is 5.14. The van der Waals surface area contributed by atoms with Crippen molar-refractivity contribution in [2.45, 2.75) is 38.8 Å². The van der Waals surface area contributed by atoms with Gasteiger partial charge in [0.05, 0.1) is 7.05 Å². The Labute approximate surface area is 144 Å². The van der Waals surface area contributed by atoms with Crippen LogP contribution in [-0.2, 0) is 17.8 Å². The molecule has 1 unspecified atom stereocenters. The highest BCUT2D eigenvalue weighted by molar-refractivity contribution is 5.76. The number of likely N-dealkylation sites (N-methyl/N-ethyl adjacent to an activating group) is 1. The number of nitrogens with one attached hydrogen (secondary N) is 2. The van der Waals surface area contributed by atoms with Crippen molar-refractivity contribution in [1.82, 2.24) is 5.32 Å². The highest BCUT2D eigenvalue weighted by atomic mass is 16.2. The quantitative estimate of drug-likeness (QED) is 0.869. The average molecular weight is 323 g/mol. The van der Waals surface area contributed by atoms with E-state index in [1.807, 2.05) is 12.1 Å². The van der Waals surface area contributed by atoms with Crippen LogP contribution in [0.15, 0.2) is 48.5 Å². The molecule has 0 heterocycles. The van der Waals surface area contributed by atoms with Gasteiger partial charge in [-0.25, -0.2) is 0 Å². The van der Waals surface area contributed by atoms with Crippen LogP contribution in [0.5, 0.6) is 0 Å². The van der Waals surface area contributed by atoms with E-state index in [0.29, 0.717) is 19.1 Å². The van der Waals surface area contributed by atoms with E-state index < -0.39 is 0 Å². The Morgan fingerprint density at radius 3 is 2.75 bits per heavy atom. The molecule has 0 radical (unpaired) electrons. The van der Waals surface area contributed by atoms with Crippen molar-refractivity contribution < 1.29 is 9.69 Å². The number of aryl methyl sites for hydroxylation is 2. The number of hydrogen-bond donors (Lipinski definition) is 2. The molecule has 1 aliphatic rings. The Hall–Kier alpha value is -2.13. The van der Waals surface area contributed by atoms with Crippen LogP contribution in [0, 0.1) is 6.92 Å². The Balaban J connectivity index is 1.58. The maximum atomic E-state index is 12.4. The van der Waals surface area contributed by atoms with Crippen molar-refractivity contribution in [2.24, 2.45) is 0 Å². The summed E-state index contributed by atoms with van der Waals surface area (Å²) in [6, 6.07) is 17.3. The molecule has 0 fully saturated rings. The topological polar surface area (TPSA) is 33.5 Å². The van der Waals surface area contributed by atoms with Gasteiger partial charge in [-0.15, -0.1) is 0 Å². The van der Waals surface area contributed by atoms with Gasteiger partial charge in [0.25, 0.3) is 5.91 Å². The maximum absolute atomic E-state index is 12.4. The molecule has 126 valence electrons. The highest BCUT2D eigenvalue weighted by Crippen LogP contribution is 2.27. The van der Waals surface area contributed by atoms with Crippen molar-refractivity contribution in [1.29, 1.82) is 0 Å². The molecule has 0 aromatic heterocycles. The zero-order chi connectivity index (χ0) is 16.9. The number of carbonyl (C=O) groups is 1. The van der Waals surface area contributed by atoms with Crippen LogP contribution in [0.3, 0.4) is 0 Å². The molecule has 1 amide bonds. The summed E-state index contributed by atoms with van der Waals surface area (Å²) >= 11 is 0. The van der Waals surface area contributed by atoms with Gasteiger partial charge in [0, 0.05) is 18.5 Å². The number of benzene rings is 2. The summed E-state index contributed by atoms with van der Waals surface area (Å²) in [4.78, 5) is 13.6. The van der Waals surface area contributed by atoms with Crippen LogP contribution in [0.25, 0.3) is 0 Å². The van der Waals surface area contributed by atoms with E-state index in [2.05, 4.69) is 55.7 Å². The van der Waals surface area contributed by atoms with Gasteiger partial charge < -0.3 is 10.2 Å². The monoisotopic (exact) mass is 323 g/mol. The van der Waals surface area contributed by atoms with E-state index in [0.717, 1.165) is 6.42 Å². The number of rotatable bonds is 5. The van der Waals surface area contributed by atoms with Gasteiger partial charge in [-0.1, -0.05) is 48.5 Å². The molecule has 2 aromatic rings. The zero-order valence-electron chi connectivity index (χ0n) is 14.6. The molecule has 0 saturated carbocycles. The van der Waals surface area contributed by atoms with Crippen LogP contribution >= 0.6 is 0 Å². The Morgan fingerprint density at radius 1 is 1.17 bits per heavy atom. The summed E-state index contributed by atoms with van der Waals surface area (Å²) in [6.07, 6.45) is 3.54. The van der Waals surface area contributed by atoms with E-state index in [1.165, 1.54) is 40.0 Å². The molecule has 1 aliphatic carbocycles. The molecular weight excluding hydrogens is 296 g/mol. The van der Waals surface area contributed by atoms with Crippen molar-refractivity contribution in [3.05, 3.63) is 70.8 Å². The molecule has 2 atom stereocenters. The number of amides is 1. The second kappa shape index (κ2) is 7.63. The first kappa shape index (κ1) is 16.7. The summed E-state index contributed by atoms with van der Waals surface area (Å²) in [5.74, 6) is 0.124. The van der Waals surface area contributed by atoms with Crippen LogP contribution in [-0.4, -0.2) is 19.5 Å². The lowest BCUT2D eigenvalue weighted by atomic mass is 9.87. The molecule has 0 saturated heterocycles. The Bertz CT molecular complexity index is 710. The van der Waals surface area contributed by atoms with E-state index in [1.54, 1.807) is 0 Å². The molecule has 3 rings (SSSR count). The first-order valence-corrected chi connectivity index (χ1v) is 8.86. The lowest BCUT2D eigenvalue weighted by molar-refractivity contribution is -0.905. The summed E-state index contributed by atoms with van der Waals surface area (Å²) < 4.78 is 0. The standard InChI is InChI=1S/C21H26N2O/c1-16-8-3-4-10-18(16)14-22-21(24)15-23(2)20-13-7-11-17-9-5-6-12-19(17)20/h3-6,8-10,12,20H,7,11,13-15H2,1-2H3,(H,22,24)/p+1/t20-/m0/s1. The highest BCUT2D eigenvalue weighted by Gasteiger charge is 2.27. The number of carbonyl (C=O) groups excluding carboxylic acids is 1. The molecule has 3 nitrogen and oxygen atoms in total. The molecule has 0 bridgehead atoms. The van der Waals surface area contributed by atoms with Gasteiger partial charge in [-0.2, -0.15) is 0 Å². The minimum Gasteiger partial charge on any atom is -0.347 e. The van der Waals surface area contributed by atoms with Crippen molar-refractivity contribution in [3.8, 4) is 0 Å². The second-order valence-electron chi connectivity index (χ2n) is 6.87. The van der Waals surface area contributed by atoms with Crippen molar-refractivity contribution in [3.63, 3.8) is 0 Å². The molecule has 3 heteroatoms. The fourth-order valence-electron chi connectivity index (χ4n) is 3.71. The first-order valence-electron chi connectivity index (χ1n) is 8.86. The van der Waals surface area contributed by atoms with Crippen LogP contribution in [0.2, 0.25) is 0 Å². The fraction of sp³-hybridized carbons (Fsp3) is 0.381. The SMILES string of the molecule is Cc1ccccc1CNC(=O)C[NH+](C)[C@H]1CCCc2ccccc21. The summed E-state index contributed by atoms with van der Waals surface area (Å²) in [5.41, 5.74) is 5.28. The van der Waals surface area contributed by atoms with Gasteiger partial charge in [0.2, 0.25) is 0 Å². The molecule has 2 N–H and O–H groups in total. The van der Waals surface area contributed by atoms with E-state index >= 15 is 0 Å². The van der Waals surface area contributed by atoms with Crippen LogP contribution < -0.4 is 10.2 Å². The number of fused-ring (bicyclic) bond motifs is 1. The summed E-state index contributed by atoms with van der Waals surface area (Å²) in [6.45, 7) is 3.21. The summed E-state index contributed by atoms with van der Waals surface area (Å²) in [5, 5.41) is 3.07. The predicted octanol–water partition coefficient (Wildman–Crippen LogP) is 2.20. The largest absolute Gasteiger partial charge is 0.347 e. The average Bonchev–Trinajstić information content (AvgIpc) is 2.60. The van der Waals surface area contributed by atoms with Crippen LogP contribution in [0.4, 0.5) is 0 Å². The van der Waals surface area contributed by atoms with Gasteiger partial charge in [-0.05, 0) is 36.5 Å². The fourth-order valence-corrected chi connectivity index (χ4v) is 3.71. The van der Waals surface area contributed by atoms with E-state index in [9.17, 15) is 4.79 Å². The number of hydrogen-bond acceptors (Lipinski definition) is 1.